The Morgan fingerprint density at radius 1 is 1.00 bits per heavy atom. The topological polar surface area (TPSA) is 9.23 Å². The lowest BCUT2D eigenvalue weighted by Crippen LogP contribution is -1.94. The molecule has 20 heavy (non-hydrogen) atoms. The normalized spacial score (nSPS) is 11.0. The first kappa shape index (κ1) is 14.3. The van der Waals surface area contributed by atoms with Crippen molar-refractivity contribution >= 4 is 0 Å². The second-order valence-electron chi connectivity index (χ2n) is 4.38. The smallest absolute Gasteiger partial charge is 0.201 e. The van der Waals surface area contributed by atoms with Crippen molar-refractivity contribution in [2.75, 3.05) is 0 Å². The zero-order chi connectivity index (χ0) is 14.5. The van der Waals surface area contributed by atoms with Crippen molar-refractivity contribution < 1.29 is 13.5 Å². The lowest BCUT2D eigenvalue weighted by molar-refractivity contribution is 0.415. The minimum atomic E-state index is -0.972. The molecule has 3 heteroatoms. The lowest BCUT2D eigenvalue weighted by Gasteiger charge is -2.08. The third-order valence-electron chi connectivity index (χ3n) is 3.05. The first-order valence-electron chi connectivity index (χ1n) is 6.52. The summed E-state index contributed by atoms with van der Waals surface area (Å²) in [4.78, 5) is 0. The molecule has 0 saturated carbocycles. The fourth-order valence-electron chi connectivity index (χ4n) is 1.91. The maximum atomic E-state index is 14.1. The Hall–Kier alpha value is -2.16. The Kier molecular flexibility index (Phi) is 4.51. The Balaban J connectivity index is 2.39. The number of halogens is 2. The molecule has 0 fully saturated rings. The predicted molar refractivity (Wildman–Crippen MR) is 76.6 cm³/mol. The Bertz CT molecular complexity index is 616. The zero-order valence-electron chi connectivity index (χ0n) is 11.5. The van der Waals surface area contributed by atoms with Crippen LogP contribution >= 0.6 is 0 Å². The monoisotopic (exact) mass is 274 g/mol. The molecule has 2 aromatic rings. The van der Waals surface area contributed by atoms with Crippen LogP contribution in [-0.2, 0) is 6.42 Å². The number of aryl methyl sites for hydroxylation is 1. The van der Waals surface area contributed by atoms with Gasteiger partial charge in [-0.15, -0.1) is 0 Å². The average molecular weight is 274 g/mol. The molecule has 2 aromatic carbocycles. The van der Waals surface area contributed by atoms with Gasteiger partial charge in [-0.1, -0.05) is 37.3 Å². The van der Waals surface area contributed by atoms with Gasteiger partial charge in [0.05, 0.1) is 6.26 Å². The van der Waals surface area contributed by atoms with E-state index in [4.69, 9.17) is 4.74 Å². The molecule has 0 unspecified atom stereocenters. The largest absolute Gasteiger partial charge is 0.462 e. The zero-order valence-corrected chi connectivity index (χ0v) is 11.5. The van der Waals surface area contributed by atoms with Crippen molar-refractivity contribution in [2.45, 2.75) is 20.3 Å². The lowest BCUT2D eigenvalue weighted by atomic mass is 10.0. The summed E-state index contributed by atoms with van der Waals surface area (Å²) in [5.41, 5.74) is 2.04. The molecular formula is C17H16F2O. The van der Waals surface area contributed by atoms with Crippen LogP contribution < -0.4 is 4.74 Å². The molecule has 1 nitrogen and oxygen atoms in total. The van der Waals surface area contributed by atoms with Gasteiger partial charge in [-0.05, 0) is 36.6 Å². The van der Waals surface area contributed by atoms with Crippen LogP contribution in [0.3, 0.4) is 0 Å². The number of allylic oxidation sites excluding steroid dienone is 1. The maximum absolute atomic E-state index is 14.1. The number of rotatable bonds is 4. The van der Waals surface area contributed by atoms with E-state index in [9.17, 15) is 8.78 Å². The Morgan fingerprint density at radius 3 is 2.30 bits per heavy atom. The summed E-state index contributed by atoms with van der Waals surface area (Å²) in [5.74, 6) is -1.98. The number of ether oxygens (including phenoxy) is 1. The Labute approximate surface area is 117 Å². The molecule has 0 spiro atoms. The molecule has 2 rings (SSSR count). The molecule has 0 heterocycles. The molecule has 0 aliphatic heterocycles. The second-order valence-corrected chi connectivity index (χ2v) is 4.38. The molecule has 0 atom stereocenters. The highest BCUT2D eigenvalue weighted by Gasteiger charge is 2.15. The highest BCUT2D eigenvalue weighted by molar-refractivity contribution is 5.65. The van der Waals surface area contributed by atoms with Gasteiger partial charge in [-0.3, -0.25) is 0 Å². The summed E-state index contributed by atoms with van der Waals surface area (Å²) >= 11 is 0. The highest BCUT2D eigenvalue weighted by Crippen LogP contribution is 2.30. The van der Waals surface area contributed by atoms with Gasteiger partial charge in [0.25, 0.3) is 0 Å². The van der Waals surface area contributed by atoms with E-state index in [1.54, 1.807) is 25.1 Å². The summed E-state index contributed by atoms with van der Waals surface area (Å²) in [5, 5.41) is 0. The Morgan fingerprint density at radius 2 is 1.70 bits per heavy atom. The van der Waals surface area contributed by atoms with Gasteiger partial charge in [-0.2, -0.15) is 4.39 Å². The molecule has 0 aliphatic rings. The van der Waals surface area contributed by atoms with Crippen LogP contribution in [-0.4, -0.2) is 0 Å². The van der Waals surface area contributed by atoms with Crippen molar-refractivity contribution in [3.8, 4) is 16.9 Å². The number of hydrogen-bond acceptors (Lipinski definition) is 1. The molecule has 0 amide bonds. The number of benzene rings is 2. The minimum Gasteiger partial charge on any atom is -0.462 e. The SMILES string of the molecule is C/C=C/Oc1ccc(-c2ccc(CC)cc2)c(F)c1F. The molecule has 104 valence electrons. The molecular weight excluding hydrogens is 258 g/mol. The number of hydrogen-bond donors (Lipinski definition) is 0. The van der Waals surface area contributed by atoms with Gasteiger partial charge in [0, 0.05) is 5.56 Å². The molecule has 0 bridgehead atoms. The van der Waals surface area contributed by atoms with Crippen molar-refractivity contribution in [3.05, 3.63) is 65.9 Å². The van der Waals surface area contributed by atoms with Gasteiger partial charge < -0.3 is 4.74 Å². The quantitative estimate of drug-likeness (QED) is 0.704. The van der Waals surface area contributed by atoms with Gasteiger partial charge in [0.15, 0.2) is 11.6 Å². The van der Waals surface area contributed by atoms with E-state index in [1.807, 2.05) is 19.1 Å². The van der Waals surface area contributed by atoms with E-state index >= 15 is 0 Å². The summed E-state index contributed by atoms with van der Waals surface area (Å²) in [6, 6.07) is 10.4. The van der Waals surface area contributed by atoms with Crippen molar-refractivity contribution in [1.29, 1.82) is 0 Å². The molecule has 0 aromatic heterocycles. The molecule has 0 saturated heterocycles. The van der Waals surface area contributed by atoms with Gasteiger partial charge in [-0.25, -0.2) is 4.39 Å². The first-order valence-corrected chi connectivity index (χ1v) is 6.52. The van der Waals surface area contributed by atoms with Crippen LogP contribution in [0.4, 0.5) is 8.78 Å². The van der Waals surface area contributed by atoms with Crippen LogP contribution in [0.5, 0.6) is 5.75 Å². The van der Waals surface area contributed by atoms with Gasteiger partial charge >= 0.3 is 0 Å². The second kappa shape index (κ2) is 6.33. The van der Waals surface area contributed by atoms with E-state index in [2.05, 4.69) is 0 Å². The van der Waals surface area contributed by atoms with Gasteiger partial charge in [0.2, 0.25) is 5.82 Å². The van der Waals surface area contributed by atoms with Gasteiger partial charge in [0.1, 0.15) is 0 Å². The fourth-order valence-corrected chi connectivity index (χ4v) is 1.91. The van der Waals surface area contributed by atoms with Crippen LogP contribution in [0, 0.1) is 11.6 Å². The highest BCUT2D eigenvalue weighted by atomic mass is 19.2. The van der Waals surface area contributed by atoms with Crippen LogP contribution in [0.15, 0.2) is 48.7 Å². The van der Waals surface area contributed by atoms with Crippen LogP contribution in [0.25, 0.3) is 11.1 Å². The standard InChI is InChI=1S/C17H16F2O/c1-3-11-20-15-10-9-14(16(18)17(15)19)13-7-5-12(4-2)6-8-13/h3,5-11H,4H2,1-2H3/b11-3+. The van der Waals surface area contributed by atoms with Crippen molar-refractivity contribution in [2.24, 2.45) is 0 Å². The summed E-state index contributed by atoms with van der Waals surface area (Å²) in [6.07, 6.45) is 3.83. The molecule has 0 N–H and O–H groups in total. The molecule has 0 radical (unpaired) electrons. The third-order valence-corrected chi connectivity index (χ3v) is 3.05. The summed E-state index contributed by atoms with van der Waals surface area (Å²) < 4.78 is 33.0. The summed E-state index contributed by atoms with van der Waals surface area (Å²) in [6.45, 7) is 3.78. The summed E-state index contributed by atoms with van der Waals surface area (Å²) in [7, 11) is 0. The van der Waals surface area contributed by atoms with Crippen molar-refractivity contribution in [1.82, 2.24) is 0 Å². The van der Waals surface area contributed by atoms with E-state index in [0.29, 0.717) is 5.56 Å². The maximum Gasteiger partial charge on any atom is 0.201 e. The average Bonchev–Trinajstić information content (AvgIpc) is 2.49. The van der Waals surface area contributed by atoms with E-state index in [0.717, 1.165) is 12.0 Å². The molecule has 0 aliphatic carbocycles. The fraction of sp³-hybridized carbons (Fsp3) is 0.176. The third kappa shape index (κ3) is 2.87. The van der Waals surface area contributed by atoms with Crippen molar-refractivity contribution in [3.63, 3.8) is 0 Å². The van der Waals surface area contributed by atoms with E-state index in [1.165, 1.54) is 18.4 Å². The minimum absolute atomic E-state index is 0.116. The predicted octanol–water partition coefficient (Wildman–Crippen LogP) is 5.11. The van der Waals surface area contributed by atoms with E-state index < -0.39 is 11.6 Å². The van der Waals surface area contributed by atoms with Crippen LogP contribution in [0.1, 0.15) is 19.4 Å². The van der Waals surface area contributed by atoms with Crippen LogP contribution in [0.2, 0.25) is 0 Å². The van der Waals surface area contributed by atoms with E-state index in [-0.39, 0.29) is 11.3 Å². The first-order chi connectivity index (χ1) is 9.67.